The normalized spacial score (nSPS) is 13.3. The number of nitrogens with zero attached hydrogens (tertiary/aromatic N) is 1. The molecule has 1 aromatic rings. The molecule has 1 unspecified atom stereocenters. The van der Waals surface area contributed by atoms with Crippen molar-refractivity contribution in [3.8, 4) is 0 Å². The number of amides is 2. The van der Waals surface area contributed by atoms with Gasteiger partial charge in [-0.2, -0.15) is 0 Å². The van der Waals surface area contributed by atoms with Gasteiger partial charge in [-0.15, -0.1) is 0 Å². The van der Waals surface area contributed by atoms with Crippen LogP contribution in [0.4, 0.5) is 10.5 Å². The molecule has 0 fully saturated rings. The maximum Gasteiger partial charge on any atom is 0.329 e. The topological polar surface area (TPSA) is 69.6 Å². The van der Waals surface area contributed by atoms with Crippen LogP contribution in [-0.2, 0) is 4.79 Å². The van der Waals surface area contributed by atoms with Crippen LogP contribution in [-0.4, -0.2) is 29.2 Å². The van der Waals surface area contributed by atoms with Gasteiger partial charge in [-0.25, -0.2) is 9.59 Å². The fraction of sp³-hybridized carbons (Fsp3) is 0.500. The highest BCUT2D eigenvalue weighted by Gasteiger charge is 2.35. The number of hydrogen-bond donors (Lipinski definition) is 2. The minimum atomic E-state index is -1.25. The highest BCUT2D eigenvalue weighted by atomic mass is 16.4. The molecule has 21 heavy (non-hydrogen) atoms. The summed E-state index contributed by atoms with van der Waals surface area (Å²) < 4.78 is 0. The molecule has 0 aliphatic heterocycles. The lowest BCUT2D eigenvalue weighted by atomic mass is 9.96. The van der Waals surface area contributed by atoms with Crippen LogP contribution in [0.25, 0.3) is 0 Å². The van der Waals surface area contributed by atoms with E-state index in [4.69, 9.17) is 0 Å². The number of rotatable bonds is 6. The Morgan fingerprint density at radius 3 is 2.48 bits per heavy atom. The van der Waals surface area contributed by atoms with Gasteiger partial charge in [-0.3, -0.25) is 4.90 Å². The first kappa shape index (κ1) is 17.0. The molecule has 0 saturated heterocycles. The molecule has 2 N–H and O–H groups in total. The van der Waals surface area contributed by atoms with E-state index in [0.717, 1.165) is 11.3 Å². The third-order valence-corrected chi connectivity index (χ3v) is 3.48. The zero-order chi connectivity index (χ0) is 16.0. The van der Waals surface area contributed by atoms with Crippen molar-refractivity contribution >= 4 is 17.7 Å². The fourth-order valence-electron chi connectivity index (χ4n) is 2.27. The fourth-order valence-corrected chi connectivity index (χ4v) is 2.27. The molecule has 5 heteroatoms. The van der Waals surface area contributed by atoms with Crippen LogP contribution in [0.15, 0.2) is 24.3 Å². The number of anilines is 1. The summed E-state index contributed by atoms with van der Waals surface area (Å²) in [6, 6.07) is 7.19. The number of urea groups is 1. The minimum absolute atomic E-state index is 0.388. The summed E-state index contributed by atoms with van der Waals surface area (Å²) in [4.78, 5) is 25.4. The van der Waals surface area contributed by atoms with E-state index in [9.17, 15) is 14.7 Å². The molecule has 2 amide bonds. The molecule has 0 aliphatic rings. The first-order valence-electron chi connectivity index (χ1n) is 7.23. The van der Waals surface area contributed by atoms with Gasteiger partial charge in [0.2, 0.25) is 0 Å². The summed E-state index contributed by atoms with van der Waals surface area (Å²) in [5.41, 5.74) is 0.566. The lowest BCUT2D eigenvalue weighted by molar-refractivity contribution is -0.144. The highest BCUT2D eigenvalue weighted by molar-refractivity contribution is 5.95. The number of nitrogens with one attached hydrogen (secondary N) is 1. The van der Waals surface area contributed by atoms with E-state index in [1.54, 1.807) is 11.8 Å². The van der Waals surface area contributed by atoms with Crippen LogP contribution >= 0.6 is 0 Å². The Kier molecular flexibility index (Phi) is 5.76. The molecular weight excluding hydrogens is 268 g/mol. The average molecular weight is 292 g/mol. The van der Waals surface area contributed by atoms with Crippen LogP contribution < -0.4 is 10.2 Å². The van der Waals surface area contributed by atoms with Crippen LogP contribution in [0.5, 0.6) is 0 Å². The lowest BCUT2D eigenvalue weighted by Crippen LogP contribution is -2.56. The van der Waals surface area contributed by atoms with E-state index < -0.39 is 11.5 Å². The summed E-state index contributed by atoms with van der Waals surface area (Å²) >= 11 is 0. The number of hydrogen-bond acceptors (Lipinski definition) is 2. The molecule has 1 rings (SSSR count). The van der Waals surface area contributed by atoms with Crippen LogP contribution in [0.3, 0.4) is 0 Å². The molecule has 0 spiro atoms. The predicted molar refractivity (Wildman–Crippen MR) is 83.7 cm³/mol. The van der Waals surface area contributed by atoms with Crippen molar-refractivity contribution < 1.29 is 14.7 Å². The Morgan fingerprint density at radius 1 is 1.33 bits per heavy atom. The van der Waals surface area contributed by atoms with E-state index in [1.807, 2.05) is 45.0 Å². The summed E-state index contributed by atoms with van der Waals surface area (Å²) in [5, 5.41) is 12.0. The van der Waals surface area contributed by atoms with Crippen molar-refractivity contribution in [1.82, 2.24) is 5.32 Å². The first-order chi connectivity index (χ1) is 9.84. The van der Waals surface area contributed by atoms with Gasteiger partial charge < -0.3 is 10.4 Å². The molecule has 1 aromatic carbocycles. The summed E-state index contributed by atoms with van der Waals surface area (Å²) in [7, 11) is 0. The van der Waals surface area contributed by atoms with Crippen molar-refractivity contribution in [3.63, 3.8) is 0 Å². The third kappa shape index (κ3) is 4.21. The monoisotopic (exact) mass is 292 g/mol. The van der Waals surface area contributed by atoms with Gasteiger partial charge in [0.15, 0.2) is 0 Å². The number of carboxylic acid groups (broad SMARTS) is 1. The van der Waals surface area contributed by atoms with Crippen molar-refractivity contribution in [2.75, 3.05) is 11.4 Å². The minimum Gasteiger partial charge on any atom is -0.480 e. The summed E-state index contributed by atoms with van der Waals surface area (Å²) in [6.45, 7) is 7.72. The van der Waals surface area contributed by atoms with Crippen molar-refractivity contribution in [1.29, 1.82) is 0 Å². The number of carbonyl (C=O) groups is 2. The maximum atomic E-state index is 12.4. The Balaban J connectivity index is 2.96. The molecule has 116 valence electrons. The van der Waals surface area contributed by atoms with E-state index in [-0.39, 0.29) is 6.03 Å². The van der Waals surface area contributed by atoms with Crippen LogP contribution in [0.1, 0.15) is 39.2 Å². The van der Waals surface area contributed by atoms with Crippen LogP contribution in [0, 0.1) is 6.92 Å². The summed E-state index contributed by atoms with van der Waals surface area (Å²) in [5.74, 6) is -1.02. The Morgan fingerprint density at radius 2 is 2.00 bits per heavy atom. The summed E-state index contributed by atoms with van der Waals surface area (Å²) in [6.07, 6.45) is 1.07. The molecule has 0 aliphatic carbocycles. The Bertz CT molecular complexity index is 516. The molecule has 1 atom stereocenters. The zero-order valence-electron chi connectivity index (χ0n) is 13.1. The van der Waals surface area contributed by atoms with Gasteiger partial charge in [-0.1, -0.05) is 25.5 Å². The van der Waals surface area contributed by atoms with Gasteiger partial charge >= 0.3 is 12.0 Å². The molecule has 0 saturated carbocycles. The largest absolute Gasteiger partial charge is 0.480 e. The van der Waals surface area contributed by atoms with Gasteiger partial charge in [0, 0.05) is 12.2 Å². The van der Waals surface area contributed by atoms with Gasteiger partial charge in [0.25, 0.3) is 0 Å². The Hall–Kier alpha value is -2.04. The predicted octanol–water partition coefficient (Wildman–Crippen LogP) is 3.17. The molecule has 0 aromatic heterocycles. The molecule has 5 nitrogen and oxygen atoms in total. The Labute approximate surface area is 126 Å². The molecule has 0 heterocycles. The number of aliphatic carboxylic acids is 1. The maximum absolute atomic E-state index is 12.4. The highest BCUT2D eigenvalue weighted by Crippen LogP contribution is 2.18. The van der Waals surface area contributed by atoms with Gasteiger partial charge in [0.05, 0.1) is 0 Å². The van der Waals surface area contributed by atoms with E-state index in [0.29, 0.717) is 19.4 Å². The van der Waals surface area contributed by atoms with Crippen molar-refractivity contribution in [3.05, 3.63) is 29.8 Å². The van der Waals surface area contributed by atoms with E-state index in [2.05, 4.69) is 5.32 Å². The lowest BCUT2D eigenvalue weighted by Gasteiger charge is -2.30. The quantitative estimate of drug-likeness (QED) is 0.846. The second-order valence-corrected chi connectivity index (χ2v) is 5.40. The first-order valence-corrected chi connectivity index (χ1v) is 7.23. The third-order valence-electron chi connectivity index (χ3n) is 3.48. The average Bonchev–Trinajstić information content (AvgIpc) is 2.39. The van der Waals surface area contributed by atoms with Gasteiger partial charge in [-0.05, 0) is 44.9 Å². The van der Waals surface area contributed by atoms with E-state index in [1.165, 1.54) is 0 Å². The standard InChI is InChI=1S/C16H24N2O3/c1-5-10-16(4,14(19)20)17-15(21)18(6-2)13-9-7-8-12(3)11-13/h7-9,11H,5-6,10H2,1-4H3,(H,17,21)(H,19,20). The van der Waals surface area contributed by atoms with E-state index >= 15 is 0 Å². The number of aryl methyl sites for hydroxylation is 1. The number of carbonyl (C=O) groups excluding carboxylic acids is 1. The second-order valence-electron chi connectivity index (χ2n) is 5.40. The SMILES string of the molecule is CCCC(C)(NC(=O)N(CC)c1cccc(C)c1)C(=O)O. The molecule has 0 bridgehead atoms. The van der Waals surface area contributed by atoms with Crippen molar-refractivity contribution in [2.45, 2.75) is 46.1 Å². The van der Waals surface area contributed by atoms with Crippen LogP contribution in [0.2, 0.25) is 0 Å². The number of carboxylic acids is 1. The smallest absolute Gasteiger partial charge is 0.329 e. The molecule has 0 radical (unpaired) electrons. The van der Waals surface area contributed by atoms with Gasteiger partial charge in [0.1, 0.15) is 5.54 Å². The van der Waals surface area contributed by atoms with Crippen molar-refractivity contribution in [2.24, 2.45) is 0 Å². The molecular formula is C16H24N2O3. The zero-order valence-corrected chi connectivity index (χ0v) is 13.1. The number of benzene rings is 1. The second kappa shape index (κ2) is 7.11.